The van der Waals surface area contributed by atoms with Gasteiger partial charge in [-0.1, -0.05) is 29.8 Å². The first-order valence-corrected chi connectivity index (χ1v) is 4.82. The maximum atomic E-state index is 5.59. The number of alkyl halides is 1. The highest BCUT2D eigenvalue weighted by molar-refractivity contribution is 9.09. The van der Waals surface area contributed by atoms with Crippen molar-refractivity contribution in [1.29, 1.82) is 0 Å². The maximum Gasteiger partial charge on any atom is 0.115 e. The normalized spacial score (nSPS) is 49.2. The molecule has 1 fully saturated rings. The molecule has 1 aliphatic heterocycles. The Morgan fingerprint density at radius 2 is 1.90 bits per heavy atom. The summed E-state index contributed by atoms with van der Waals surface area (Å²) in [4.78, 5) is 0. The van der Waals surface area contributed by atoms with E-state index in [1.807, 2.05) is 0 Å². The lowest BCUT2D eigenvalue weighted by molar-refractivity contribution is -0.0431. The number of ether oxygens (including phenoxy) is 1. The number of hydrogen-bond acceptors (Lipinski definition) is 1. The van der Waals surface area contributed by atoms with Crippen molar-refractivity contribution in [2.24, 2.45) is 11.8 Å². The zero-order valence-corrected chi connectivity index (χ0v) is 8.39. The van der Waals surface area contributed by atoms with Crippen LogP contribution < -0.4 is 0 Å². The summed E-state index contributed by atoms with van der Waals surface area (Å²) in [5, 5.41) is 0.270. The van der Waals surface area contributed by atoms with Crippen LogP contribution in [0.5, 0.6) is 0 Å². The Balaban J connectivity index is 2.49. The number of hydrogen-bond donors (Lipinski definition) is 0. The Morgan fingerprint density at radius 1 is 1.30 bits per heavy atom. The molecular formula is C8H15BrO. The van der Waals surface area contributed by atoms with E-state index in [1.54, 1.807) is 0 Å². The van der Waals surface area contributed by atoms with Gasteiger partial charge in [-0.15, -0.1) is 0 Å². The summed E-state index contributed by atoms with van der Waals surface area (Å²) < 4.78 is 5.59. The molecule has 1 saturated heterocycles. The summed E-state index contributed by atoms with van der Waals surface area (Å²) in [5.41, 5.74) is 0. The van der Waals surface area contributed by atoms with E-state index < -0.39 is 0 Å². The third-order valence-corrected chi connectivity index (χ3v) is 3.43. The average Bonchev–Trinajstić information content (AvgIpc) is 1.82. The van der Waals surface area contributed by atoms with Crippen LogP contribution in [0.3, 0.4) is 0 Å². The van der Waals surface area contributed by atoms with E-state index in [0.717, 1.165) is 5.92 Å². The van der Waals surface area contributed by atoms with E-state index in [9.17, 15) is 0 Å². The summed E-state index contributed by atoms with van der Waals surface area (Å²) in [6, 6.07) is 0. The van der Waals surface area contributed by atoms with Gasteiger partial charge < -0.3 is 4.74 Å². The lowest BCUT2D eigenvalue weighted by Crippen LogP contribution is -2.33. The molecular weight excluding hydrogens is 192 g/mol. The van der Waals surface area contributed by atoms with Crippen LogP contribution in [0.15, 0.2) is 0 Å². The standard InChI is InChI=1S/C8H15BrO/c1-5-4-6(2)10-8(9)7(5)3/h5-8H,4H2,1-3H3/t5-,6+,7+,8-/m0/s1. The molecule has 0 bridgehead atoms. The molecule has 0 radical (unpaired) electrons. The molecule has 2 heteroatoms. The molecule has 4 atom stereocenters. The molecule has 0 aromatic rings. The van der Waals surface area contributed by atoms with Crippen molar-refractivity contribution in [3.8, 4) is 0 Å². The smallest absolute Gasteiger partial charge is 0.115 e. The van der Waals surface area contributed by atoms with Crippen LogP contribution in [-0.4, -0.2) is 11.1 Å². The van der Waals surface area contributed by atoms with E-state index in [0.29, 0.717) is 12.0 Å². The van der Waals surface area contributed by atoms with Gasteiger partial charge in [0, 0.05) is 0 Å². The van der Waals surface area contributed by atoms with Crippen molar-refractivity contribution in [2.75, 3.05) is 0 Å². The molecule has 1 rings (SSSR count). The third kappa shape index (κ3) is 1.73. The average molecular weight is 207 g/mol. The lowest BCUT2D eigenvalue weighted by atomic mass is 9.89. The molecule has 0 aliphatic carbocycles. The van der Waals surface area contributed by atoms with Gasteiger partial charge in [0.15, 0.2) is 0 Å². The fourth-order valence-corrected chi connectivity index (χ4v) is 2.29. The second-order valence-corrected chi connectivity index (χ2v) is 4.27. The second-order valence-electron chi connectivity index (χ2n) is 3.37. The summed E-state index contributed by atoms with van der Waals surface area (Å²) >= 11 is 3.51. The van der Waals surface area contributed by atoms with Gasteiger partial charge in [0.2, 0.25) is 0 Å². The summed E-state index contributed by atoms with van der Waals surface area (Å²) in [6.07, 6.45) is 1.62. The highest BCUT2D eigenvalue weighted by Gasteiger charge is 2.29. The van der Waals surface area contributed by atoms with Crippen molar-refractivity contribution in [3.05, 3.63) is 0 Å². The van der Waals surface area contributed by atoms with Crippen LogP contribution in [0, 0.1) is 11.8 Å². The Kier molecular flexibility index (Phi) is 2.75. The first-order chi connectivity index (χ1) is 4.61. The molecule has 1 heterocycles. The predicted molar refractivity (Wildman–Crippen MR) is 46.2 cm³/mol. The minimum Gasteiger partial charge on any atom is -0.364 e. The van der Waals surface area contributed by atoms with E-state index in [1.165, 1.54) is 6.42 Å². The molecule has 0 N–H and O–H groups in total. The highest BCUT2D eigenvalue weighted by Crippen LogP contribution is 2.32. The van der Waals surface area contributed by atoms with Crippen LogP contribution >= 0.6 is 15.9 Å². The van der Waals surface area contributed by atoms with E-state index >= 15 is 0 Å². The highest BCUT2D eigenvalue weighted by atomic mass is 79.9. The molecule has 0 aromatic heterocycles. The predicted octanol–water partition coefficient (Wildman–Crippen LogP) is 2.79. The fourth-order valence-electron chi connectivity index (χ4n) is 1.40. The number of rotatable bonds is 0. The first kappa shape index (κ1) is 8.54. The Labute approximate surface area is 71.3 Å². The molecule has 0 aromatic carbocycles. The molecule has 0 saturated carbocycles. The van der Waals surface area contributed by atoms with Gasteiger partial charge in [-0.3, -0.25) is 0 Å². The second kappa shape index (κ2) is 3.22. The van der Waals surface area contributed by atoms with Crippen molar-refractivity contribution in [2.45, 2.75) is 38.3 Å². The zero-order valence-electron chi connectivity index (χ0n) is 6.80. The van der Waals surface area contributed by atoms with Crippen molar-refractivity contribution >= 4 is 15.9 Å². The Bertz CT molecular complexity index is 104. The summed E-state index contributed by atoms with van der Waals surface area (Å²) in [7, 11) is 0. The molecule has 60 valence electrons. The van der Waals surface area contributed by atoms with E-state index in [2.05, 4.69) is 36.7 Å². The lowest BCUT2D eigenvalue weighted by Gasteiger charge is -2.34. The fraction of sp³-hybridized carbons (Fsp3) is 1.00. The van der Waals surface area contributed by atoms with Gasteiger partial charge in [0.1, 0.15) is 5.01 Å². The molecule has 1 nitrogen and oxygen atoms in total. The zero-order chi connectivity index (χ0) is 7.72. The van der Waals surface area contributed by atoms with Crippen LogP contribution in [0.1, 0.15) is 27.2 Å². The van der Waals surface area contributed by atoms with Gasteiger partial charge in [-0.2, -0.15) is 0 Å². The first-order valence-electron chi connectivity index (χ1n) is 3.90. The largest absolute Gasteiger partial charge is 0.364 e. The SMILES string of the molecule is C[C@@H]1[C@@H](C)C[C@@H](C)O[C@@H]1Br. The minimum absolute atomic E-state index is 0.270. The molecule has 1 aliphatic rings. The van der Waals surface area contributed by atoms with Crippen molar-refractivity contribution in [1.82, 2.24) is 0 Å². The molecule has 0 unspecified atom stereocenters. The van der Waals surface area contributed by atoms with Gasteiger partial charge in [-0.25, -0.2) is 0 Å². The monoisotopic (exact) mass is 206 g/mol. The van der Waals surface area contributed by atoms with Gasteiger partial charge >= 0.3 is 0 Å². The van der Waals surface area contributed by atoms with Crippen molar-refractivity contribution < 1.29 is 4.74 Å². The third-order valence-electron chi connectivity index (χ3n) is 2.38. The minimum atomic E-state index is 0.270. The van der Waals surface area contributed by atoms with E-state index in [4.69, 9.17) is 4.74 Å². The van der Waals surface area contributed by atoms with Crippen LogP contribution in [0.2, 0.25) is 0 Å². The van der Waals surface area contributed by atoms with E-state index in [-0.39, 0.29) is 5.01 Å². The van der Waals surface area contributed by atoms with Crippen LogP contribution in [0.25, 0.3) is 0 Å². The van der Waals surface area contributed by atoms with Crippen molar-refractivity contribution in [3.63, 3.8) is 0 Å². The molecule has 10 heavy (non-hydrogen) atoms. The van der Waals surface area contributed by atoms with Crippen LogP contribution in [0.4, 0.5) is 0 Å². The number of halogens is 1. The Morgan fingerprint density at radius 3 is 2.40 bits per heavy atom. The molecule has 0 spiro atoms. The maximum absolute atomic E-state index is 5.59. The summed E-state index contributed by atoms with van der Waals surface area (Å²) in [5.74, 6) is 1.43. The quantitative estimate of drug-likeness (QED) is 0.555. The van der Waals surface area contributed by atoms with Crippen LogP contribution in [-0.2, 0) is 4.74 Å². The molecule has 0 amide bonds. The summed E-state index contributed by atoms with van der Waals surface area (Å²) in [6.45, 7) is 6.66. The topological polar surface area (TPSA) is 9.23 Å². The Hall–Kier alpha value is 0.440. The van der Waals surface area contributed by atoms with Gasteiger partial charge in [0.05, 0.1) is 6.10 Å². The van der Waals surface area contributed by atoms with Gasteiger partial charge in [-0.05, 0) is 25.2 Å². The van der Waals surface area contributed by atoms with Gasteiger partial charge in [0.25, 0.3) is 0 Å².